The maximum Gasteiger partial charge on any atom is 0.161 e. The van der Waals surface area contributed by atoms with Gasteiger partial charge in [0, 0.05) is 25.9 Å². The number of rotatable bonds is 10. The van der Waals surface area contributed by atoms with Gasteiger partial charge in [0.1, 0.15) is 13.2 Å². The topological polar surface area (TPSA) is 70.5 Å². The van der Waals surface area contributed by atoms with Crippen LogP contribution in [-0.2, 0) is 12.8 Å². The summed E-state index contributed by atoms with van der Waals surface area (Å²) >= 11 is 9.88. The molecule has 0 aromatic heterocycles. The summed E-state index contributed by atoms with van der Waals surface area (Å²) in [5.74, 6) is 1.34. The molecule has 0 bridgehead atoms. The summed E-state index contributed by atoms with van der Waals surface area (Å²) in [4.78, 5) is 0. The molecule has 0 saturated heterocycles. The van der Waals surface area contributed by atoms with Gasteiger partial charge < -0.3 is 20.9 Å². The molecule has 110 valence electrons. The lowest BCUT2D eigenvalue weighted by Crippen LogP contribution is -2.14. The highest BCUT2D eigenvalue weighted by atomic mass is 32.1. The normalized spacial score (nSPS) is 10.1. The third-order valence-electron chi connectivity index (χ3n) is 2.62. The van der Waals surface area contributed by atoms with Gasteiger partial charge >= 0.3 is 0 Å². The molecule has 1 aromatic rings. The van der Waals surface area contributed by atoms with Crippen LogP contribution in [0, 0.1) is 0 Å². The highest BCUT2D eigenvalue weighted by Gasteiger charge is 2.11. The molecular formula is C14H20N2O2S2. The van der Waals surface area contributed by atoms with Crippen molar-refractivity contribution in [1.29, 1.82) is 0 Å². The van der Waals surface area contributed by atoms with Crippen LogP contribution in [0.5, 0.6) is 11.5 Å². The van der Waals surface area contributed by atoms with E-state index in [1.807, 2.05) is 12.1 Å². The highest BCUT2D eigenvalue weighted by molar-refractivity contribution is 7.79. The van der Waals surface area contributed by atoms with Crippen LogP contribution in [0.2, 0.25) is 0 Å². The zero-order valence-electron chi connectivity index (χ0n) is 11.3. The zero-order chi connectivity index (χ0) is 14.8. The Morgan fingerprint density at radius 2 is 1.25 bits per heavy atom. The van der Waals surface area contributed by atoms with E-state index in [9.17, 15) is 0 Å². The molecule has 0 spiro atoms. The zero-order valence-corrected chi connectivity index (χ0v) is 13.0. The highest BCUT2D eigenvalue weighted by Crippen LogP contribution is 2.31. The lowest BCUT2D eigenvalue weighted by molar-refractivity contribution is 0.277. The monoisotopic (exact) mass is 312 g/mol. The van der Waals surface area contributed by atoms with Crippen LogP contribution in [0.25, 0.3) is 0 Å². The summed E-state index contributed by atoms with van der Waals surface area (Å²) in [5, 5.41) is 3.38. The Morgan fingerprint density at radius 3 is 1.55 bits per heavy atom. The SMILES string of the molecule is NCCOc1cc(CC=S)c(CC=S)cc1OCCN. The van der Waals surface area contributed by atoms with E-state index in [4.69, 9.17) is 45.4 Å². The molecule has 0 fully saturated rings. The van der Waals surface area contributed by atoms with Gasteiger partial charge in [0.25, 0.3) is 0 Å². The molecule has 0 amide bonds. The number of ether oxygens (including phenoxy) is 2. The van der Waals surface area contributed by atoms with Gasteiger partial charge in [0.05, 0.1) is 0 Å². The van der Waals surface area contributed by atoms with Crippen LogP contribution < -0.4 is 20.9 Å². The van der Waals surface area contributed by atoms with E-state index in [1.54, 1.807) is 10.7 Å². The Hall–Kier alpha value is -1.08. The van der Waals surface area contributed by atoms with Gasteiger partial charge in [-0.25, -0.2) is 0 Å². The molecule has 0 unspecified atom stereocenters. The van der Waals surface area contributed by atoms with Gasteiger partial charge in [-0.3, -0.25) is 0 Å². The van der Waals surface area contributed by atoms with Crippen molar-refractivity contribution in [2.75, 3.05) is 26.3 Å². The van der Waals surface area contributed by atoms with Crippen molar-refractivity contribution < 1.29 is 9.47 Å². The standard InChI is InChI=1S/C14H20N2O2S2/c15-3-5-17-13-9-11(1-7-19)12(2-8-20)10-14(13)18-6-4-16/h7-10H,1-6,15-16H2. The van der Waals surface area contributed by atoms with Crippen molar-refractivity contribution in [3.05, 3.63) is 23.3 Å². The molecular weight excluding hydrogens is 292 g/mol. The summed E-state index contributed by atoms with van der Waals surface area (Å²) in [6, 6.07) is 3.89. The molecule has 4 N–H and O–H groups in total. The molecule has 0 aliphatic rings. The summed E-state index contributed by atoms with van der Waals surface area (Å²) in [5.41, 5.74) is 13.1. The van der Waals surface area contributed by atoms with Gasteiger partial charge in [-0.2, -0.15) is 0 Å². The van der Waals surface area contributed by atoms with Crippen molar-refractivity contribution in [3.63, 3.8) is 0 Å². The molecule has 0 aliphatic heterocycles. The minimum absolute atomic E-state index is 0.433. The van der Waals surface area contributed by atoms with Crippen LogP contribution in [0.1, 0.15) is 11.1 Å². The Bertz CT molecular complexity index is 412. The van der Waals surface area contributed by atoms with Crippen molar-refractivity contribution in [2.24, 2.45) is 11.5 Å². The first kappa shape index (κ1) is 17.0. The second-order valence-electron chi connectivity index (χ2n) is 4.08. The Balaban J connectivity index is 3.11. The molecule has 20 heavy (non-hydrogen) atoms. The van der Waals surface area contributed by atoms with E-state index in [1.165, 1.54) is 0 Å². The molecule has 1 aromatic carbocycles. The van der Waals surface area contributed by atoms with E-state index >= 15 is 0 Å². The fraction of sp³-hybridized carbons (Fsp3) is 0.429. The lowest BCUT2D eigenvalue weighted by atomic mass is 10.0. The largest absolute Gasteiger partial charge is 0.488 e. The second-order valence-corrected chi connectivity index (χ2v) is 4.75. The Kier molecular flexibility index (Phi) is 8.29. The van der Waals surface area contributed by atoms with Crippen LogP contribution in [0.15, 0.2) is 12.1 Å². The smallest absolute Gasteiger partial charge is 0.161 e. The summed E-state index contributed by atoms with van der Waals surface area (Å²) in [7, 11) is 0. The molecule has 0 radical (unpaired) electrons. The van der Waals surface area contributed by atoms with Gasteiger partial charge in [-0.1, -0.05) is 24.4 Å². The lowest BCUT2D eigenvalue weighted by Gasteiger charge is -2.16. The van der Waals surface area contributed by atoms with Crippen LogP contribution in [-0.4, -0.2) is 37.0 Å². The minimum atomic E-state index is 0.433. The average Bonchev–Trinajstić information content (AvgIpc) is 2.46. The van der Waals surface area contributed by atoms with Gasteiger partial charge in [0.2, 0.25) is 0 Å². The summed E-state index contributed by atoms with van der Waals surface area (Å²) in [6.07, 6.45) is 1.37. The molecule has 0 aliphatic carbocycles. The first-order chi connectivity index (χ1) is 9.76. The summed E-state index contributed by atoms with van der Waals surface area (Å²) in [6.45, 7) is 1.76. The maximum absolute atomic E-state index is 5.63. The predicted octanol–water partition coefficient (Wildman–Crippen LogP) is 1.45. The fourth-order valence-corrected chi connectivity index (χ4v) is 2.13. The van der Waals surface area contributed by atoms with E-state index in [2.05, 4.69) is 0 Å². The predicted molar refractivity (Wildman–Crippen MR) is 90.3 cm³/mol. The Morgan fingerprint density at radius 1 is 0.850 bits per heavy atom. The third-order valence-corrected chi connectivity index (χ3v) is 2.96. The second kappa shape index (κ2) is 9.77. The van der Waals surface area contributed by atoms with Crippen LogP contribution >= 0.6 is 24.4 Å². The van der Waals surface area contributed by atoms with Gasteiger partial charge in [-0.05, 0) is 34.0 Å². The van der Waals surface area contributed by atoms with E-state index in [0.29, 0.717) is 50.6 Å². The van der Waals surface area contributed by atoms with Crippen molar-refractivity contribution >= 4 is 35.2 Å². The Labute approximate surface area is 130 Å². The maximum atomic E-state index is 5.63. The minimum Gasteiger partial charge on any atom is -0.488 e. The van der Waals surface area contributed by atoms with Crippen molar-refractivity contribution in [2.45, 2.75) is 12.8 Å². The van der Waals surface area contributed by atoms with Gasteiger partial charge in [0.15, 0.2) is 11.5 Å². The number of hydrogen-bond acceptors (Lipinski definition) is 6. The first-order valence-electron chi connectivity index (χ1n) is 6.45. The molecule has 1 rings (SSSR count). The number of nitrogens with two attached hydrogens (primary N) is 2. The molecule has 0 heterocycles. The van der Waals surface area contributed by atoms with E-state index < -0.39 is 0 Å². The molecule has 0 saturated carbocycles. The van der Waals surface area contributed by atoms with E-state index in [-0.39, 0.29) is 0 Å². The number of hydrogen-bond donors (Lipinski definition) is 2. The average molecular weight is 312 g/mol. The molecule has 4 nitrogen and oxygen atoms in total. The fourth-order valence-electron chi connectivity index (χ4n) is 1.77. The van der Waals surface area contributed by atoms with Crippen molar-refractivity contribution in [1.82, 2.24) is 0 Å². The quantitative estimate of drug-likeness (QED) is 0.637. The summed E-state index contributed by atoms with van der Waals surface area (Å²) < 4.78 is 11.3. The first-order valence-corrected chi connectivity index (χ1v) is 7.39. The number of benzene rings is 1. The molecule has 6 heteroatoms. The number of thiocarbonyl (C=S) groups is 2. The third kappa shape index (κ3) is 5.13. The molecule has 0 atom stereocenters. The van der Waals surface area contributed by atoms with Gasteiger partial charge in [-0.15, -0.1) is 0 Å². The van der Waals surface area contributed by atoms with E-state index in [0.717, 1.165) is 11.1 Å². The van der Waals surface area contributed by atoms with Crippen LogP contribution in [0.3, 0.4) is 0 Å². The van der Waals surface area contributed by atoms with Crippen LogP contribution in [0.4, 0.5) is 0 Å². The van der Waals surface area contributed by atoms with Crippen molar-refractivity contribution in [3.8, 4) is 11.5 Å².